The number of nitrogens with zero attached hydrogens (tertiary/aromatic N) is 1. The summed E-state index contributed by atoms with van der Waals surface area (Å²) in [6, 6.07) is 0.122. The zero-order chi connectivity index (χ0) is 13.2. The summed E-state index contributed by atoms with van der Waals surface area (Å²) in [6.45, 7) is 7.62. The molecule has 2 rings (SSSR count). The smallest absolute Gasteiger partial charge is 0.153 e. The van der Waals surface area contributed by atoms with Gasteiger partial charge in [-0.3, -0.25) is 4.90 Å². The number of ether oxygens (including phenoxy) is 1. The van der Waals surface area contributed by atoms with Crippen LogP contribution in [0.1, 0.15) is 20.3 Å². The molecule has 0 bridgehead atoms. The van der Waals surface area contributed by atoms with Gasteiger partial charge in [-0.15, -0.1) is 0 Å². The van der Waals surface area contributed by atoms with E-state index in [1.807, 2.05) is 0 Å². The highest BCUT2D eigenvalue weighted by Crippen LogP contribution is 2.12. The third-order valence-electron chi connectivity index (χ3n) is 3.59. The van der Waals surface area contributed by atoms with Crippen LogP contribution in [-0.4, -0.2) is 69.3 Å². The summed E-state index contributed by atoms with van der Waals surface area (Å²) >= 11 is 0. The minimum atomic E-state index is -2.81. The van der Waals surface area contributed by atoms with E-state index in [0.717, 1.165) is 26.1 Å². The molecule has 2 fully saturated rings. The fraction of sp³-hybridized carbons (Fsp3) is 1.00. The zero-order valence-corrected chi connectivity index (χ0v) is 12.1. The number of hydrogen-bond donors (Lipinski definition) is 1. The molecule has 1 N–H and O–H groups in total. The molecule has 2 aliphatic heterocycles. The second-order valence-corrected chi connectivity index (χ2v) is 7.80. The summed E-state index contributed by atoms with van der Waals surface area (Å²) in [5.41, 5.74) is 0. The van der Waals surface area contributed by atoms with Gasteiger partial charge in [-0.1, -0.05) is 0 Å². The molecule has 1 unspecified atom stereocenters. The maximum atomic E-state index is 11.5. The second-order valence-electron chi connectivity index (χ2n) is 5.57. The molecule has 0 aliphatic carbocycles. The molecular formula is C12H24N2O3S. The van der Waals surface area contributed by atoms with Crippen LogP contribution in [0.15, 0.2) is 0 Å². The van der Waals surface area contributed by atoms with Gasteiger partial charge >= 0.3 is 0 Å². The van der Waals surface area contributed by atoms with Gasteiger partial charge in [0.25, 0.3) is 0 Å². The molecule has 0 radical (unpaired) electrons. The molecule has 2 saturated heterocycles. The number of rotatable bonds is 3. The van der Waals surface area contributed by atoms with Crippen molar-refractivity contribution in [1.29, 1.82) is 0 Å². The van der Waals surface area contributed by atoms with Crippen LogP contribution in [0.4, 0.5) is 0 Å². The number of hydrogen-bond acceptors (Lipinski definition) is 5. The molecule has 0 saturated carbocycles. The lowest BCUT2D eigenvalue weighted by molar-refractivity contribution is -0.0684. The highest BCUT2D eigenvalue weighted by atomic mass is 32.2. The zero-order valence-electron chi connectivity index (χ0n) is 11.3. The summed E-state index contributed by atoms with van der Waals surface area (Å²) < 4.78 is 28.8. The SMILES string of the molecule is C[C@@H]1CN(CCC2CS(=O)(=O)CCN2)C[C@H](C)O1. The number of nitrogens with one attached hydrogen (secondary N) is 1. The molecule has 18 heavy (non-hydrogen) atoms. The van der Waals surface area contributed by atoms with Crippen LogP contribution in [0, 0.1) is 0 Å². The monoisotopic (exact) mass is 276 g/mol. The Morgan fingerprint density at radius 1 is 1.28 bits per heavy atom. The molecule has 2 heterocycles. The first kappa shape index (κ1) is 14.2. The normalized spacial score (nSPS) is 37.6. The summed E-state index contributed by atoms with van der Waals surface area (Å²) in [7, 11) is -2.81. The van der Waals surface area contributed by atoms with Crippen LogP contribution in [-0.2, 0) is 14.6 Å². The van der Waals surface area contributed by atoms with Crippen molar-refractivity contribution in [3.8, 4) is 0 Å². The molecule has 106 valence electrons. The van der Waals surface area contributed by atoms with Gasteiger partial charge in [-0.2, -0.15) is 0 Å². The van der Waals surface area contributed by atoms with Gasteiger partial charge in [0.05, 0.1) is 23.7 Å². The lowest BCUT2D eigenvalue weighted by Crippen LogP contribution is -2.49. The highest BCUT2D eigenvalue weighted by molar-refractivity contribution is 7.91. The number of sulfone groups is 1. The quantitative estimate of drug-likeness (QED) is 0.778. The minimum absolute atomic E-state index is 0.122. The molecule has 3 atom stereocenters. The average Bonchev–Trinajstić information content (AvgIpc) is 2.24. The van der Waals surface area contributed by atoms with Gasteiger partial charge in [-0.05, 0) is 26.8 Å². The second kappa shape index (κ2) is 5.86. The van der Waals surface area contributed by atoms with Crippen LogP contribution < -0.4 is 5.32 Å². The van der Waals surface area contributed by atoms with Gasteiger partial charge in [-0.25, -0.2) is 8.42 Å². The average molecular weight is 276 g/mol. The predicted molar refractivity (Wildman–Crippen MR) is 71.5 cm³/mol. The van der Waals surface area contributed by atoms with Crippen molar-refractivity contribution in [2.24, 2.45) is 0 Å². The topological polar surface area (TPSA) is 58.6 Å². The Hall–Kier alpha value is -0.170. The van der Waals surface area contributed by atoms with Gasteiger partial charge in [0.15, 0.2) is 9.84 Å². The Kier molecular flexibility index (Phi) is 4.64. The van der Waals surface area contributed by atoms with E-state index in [1.54, 1.807) is 0 Å². The summed E-state index contributed by atoms with van der Waals surface area (Å²) in [5.74, 6) is 0.581. The van der Waals surface area contributed by atoms with Crippen LogP contribution in [0.25, 0.3) is 0 Å². The number of morpholine rings is 1. The van der Waals surface area contributed by atoms with E-state index >= 15 is 0 Å². The standard InChI is InChI=1S/C12H24N2O3S/c1-10-7-14(8-11(2)17-10)5-3-12-9-18(15,16)6-4-13-12/h10-13H,3-9H2,1-2H3/t10-,11+,12?. The first-order chi connectivity index (χ1) is 8.44. The molecule has 2 aliphatic rings. The summed E-state index contributed by atoms with van der Waals surface area (Å²) in [6.07, 6.45) is 1.45. The summed E-state index contributed by atoms with van der Waals surface area (Å²) in [4.78, 5) is 2.38. The van der Waals surface area contributed by atoms with E-state index in [4.69, 9.17) is 4.74 Å². The van der Waals surface area contributed by atoms with E-state index in [2.05, 4.69) is 24.1 Å². The molecule has 0 aromatic carbocycles. The Morgan fingerprint density at radius 3 is 2.56 bits per heavy atom. The Balaban J connectivity index is 1.77. The van der Waals surface area contributed by atoms with Crippen molar-refractivity contribution in [1.82, 2.24) is 10.2 Å². The van der Waals surface area contributed by atoms with Gasteiger partial charge < -0.3 is 10.1 Å². The fourth-order valence-corrected chi connectivity index (χ4v) is 4.35. The minimum Gasteiger partial charge on any atom is -0.373 e. The Bertz CT molecular complexity index is 362. The first-order valence-corrected chi connectivity index (χ1v) is 8.58. The van der Waals surface area contributed by atoms with Crippen LogP contribution in [0.3, 0.4) is 0 Å². The molecule has 0 amide bonds. The van der Waals surface area contributed by atoms with Crippen LogP contribution >= 0.6 is 0 Å². The van der Waals surface area contributed by atoms with Crippen molar-refractivity contribution >= 4 is 9.84 Å². The predicted octanol–water partition coefficient (Wildman–Crippen LogP) is -0.128. The van der Waals surface area contributed by atoms with E-state index in [0.29, 0.717) is 12.3 Å². The van der Waals surface area contributed by atoms with Crippen molar-refractivity contribution < 1.29 is 13.2 Å². The van der Waals surface area contributed by atoms with Gasteiger partial charge in [0, 0.05) is 25.7 Å². The molecule has 0 aromatic heterocycles. The first-order valence-electron chi connectivity index (χ1n) is 6.76. The molecule has 6 heteroatoms. The van der Waals surface area contributed by atoms with Crippen LogP contribution in [0.5, 0.6) is 0 Å². The van der Waals surface area contributed by atoms with Crippen molar-refractivity contribution in [2.75, 3.05) is 37.7 Å². The highest BCUT2D eigenvalue weighted by Gasteiger charge is 2.26. The molecule has 5 nitrogen and oxygen atoms in total. The fourth-order valence-electron chi connectivity index (χ4n) is 2.86. The molecule has 0 aromatic rings. The van der Waals surface area contributed by atoms with E-state index in [-0.39, 0.29) is 24.0 Å². The summed E-state index contributed by atoms with van der Waals surface area (Å²) in [5, 5.41) is 3.30. The van der Waals surface area contributed by atoms with Crippen molar-refractivity contribution in [2.45, 2.75) is 38.5 Å². The maximum Gasteiger partial charge on any atom is 0.153 e. The van der Waals surface area contributed by atoms with E-state index in [1.165, 1.54) is 0 Å². The lowest BCUT2D eigenvalue weighted by Gasteiger charge is -2.36. The van der Waals surface area contributed by atoms with Crippen molar-refractivity contribution in [3.05, 3.63) is 0 Å². The Labute approximate surface area is 110 Å². The van der Waals surface area contributed by atoms with Gasteiger partial charge in [0.2, 0.25) is 0 Å². The third kappa shape index (κ3) is 4.19. The lowest BCUT2D eigenvalue weighted by atomic mass is 10.2. The van der Waals surface area contributed by atoms with Gasteiger partial charge in [0.1, 0.15) is 0 Å². The van der Waals surface area contributed by atoms with Crippen molar-refractivity contribution in [3.63, 3.8) is 0 Å². The maximum absolute atomic E-state index is 11.5. The van der Waals surface area contributed by atoms with Crippen LogP contribution in [0.2, 0.25) is 0 Å². The molecule has 0 spiro atoms. The van der Waals surface area contributed by atoms with E-state index in [9.17, 15) is 8.42 Å². The third-order valence-corrected chi connectivity index (χ3v) is 5.33. The van der Waals surface area contributed by atoms with E-state index < -0.39 is 9.84 Å². The molecular weight excluding hydrogens is 252 g/mol. The largest absolute Gasteiger partial charge is 0.373 e. The Morgan fingerprint density at radius 2 is 1.94 bits per heavy atom.